The van der Waals surface area contributed by atoms with E-state index in [0.717, 1.165) is 52.7 Å². The molecule has 0 saturated heterocycles. The summed E-state index contributed by atoms with van der Waals surface area (Å²) in [4.78, 5) is 13.6. The van der Waals surface area contributed by atoms with Crippen molar-refractivity contribution in [3.63, 3.8) is 0 Å². The van der Waals surface area contributed by atoms with Crippen LogP contribution in [0.3, 0.4) is 0 Å². The van der Waals surface area contributed by atoms with Gasteiger partial charge in [0.25, 0.3) is 0 Å². The van der Waals surface area contributed by atoms with Crippen LogP contribution in [-0.4, -0.2) is 15.0 Å². The van der Waals surface area contributed by atoms with Gasteiger partial charge in [-0.2, -0.15) is 0 Å². The van der Waals surface area contributed by atoms with Gasteiger partial charge in [-0.15, -0.1) is 0 Å². The van der Waals surface area contributed by atoms with Crippen LogP contribution in [0.5, 0.6) is 0 Å². The normalized spacial score (nSPS) is 17.7. The van der Waals surface area contributed by atoms with Gasteiger partial charge in [-0.25, -0.2) is 9.97 Å². The van der Waals surface area contributed by atoms with E-state index in [1.807, 2.05) is 30.7 Å². The lowest BCUT2D eigenvalue weighted by Crippen LogP contribution is -2.19. The van der Waals surface area contributed by atoms with Gasteiger partial charge in [-0.1, -0.05) is 24.3 Å². The number of fused-ring (bicyclic) bond motifs is 2. The molecule has 2 heterocycles. The van der Waals surface area contributed by atoms with E-state index in [-0.39, 0.29) is 6.04 Å². The maximum atomic E-state index is 6.13. The van der Waals surface area contributed by atoms with Gasteiger partial charge in [0.1, 0.15) is 0 Å². The van der Waals surface area contributed by atoms with E-state index in [0.29, 0.717) is 0 Å². The number of rotatable bonds is 1. The van der Waals surface area contributed by atoms with Crippen molar-refractivity contribution < 1.29 is 0 Å². The maximum absolute atomic E-state index is 6.13. The summed E-state index contributed by atoms with van der Waals surface area (Å²) in [6, 6.07) is 8.26. The first-order valence-electron chi connectivity index (χ1n) is 7.27. The molecule has 2 N–H and O–H groups in total. The molecule has 0 bridgehead atoms. The van der Waals surface area contributed by atoms with Gasteiger partial charge in [0.2, 0.25) is 0 Å². The molecule has 3 aromatic rings. The molecule has 21 heavy (non-hydrogen) atoms. The number of benzene rings is 1. The van der Waals surface area contributed by atoms with E-state index in [9.17, 15) is 0 Å². The first kappa shape index (κ1) is 12.4. The van der Waals surface area contributed by atoms with Crippen LogP contribution >= 0.6 is 0 Å². The summed E-state index contributed by atoms with van der Waals surface area (Å²) < 4.78 is 0. The number of hydrogen-bond donors (Lipinski definition) is 1. The first-order valence-corrected chi connectivity index (χ1v) is 7.27. The van der Waals surface area contributed by atoms with E-state index < -0.39 is 0 Å². The zero-order chi connectivity index (χ0) is 14.2. The third-order valence-corrected chi connectivity index (χ3v) is 4.14. The average molecular weight is 276 g/mol. The fourth-order valence-electron chi connectivity index (χ4n) is 3.01. The van der Waals surface area contributed by atoms with Crippen LogP contribution in [0.25, 0.3) is 22.2 Å². The van der Waals surface area contributed by atoms with E-state index in [4.69, 9.17) is 10.7 Å². The summed E-state index contributed by atoms with van der Waals surface area (Å²) in [6.07, 6.45) is 8.70. The van der Waals surface area contributed by atoms with Crippen molar-refractivity contribution in [3.8, 4) is 11.4 Å². The summed E-state index contributed by atoms with van der Waals surface area (Å²) in [5.41, 5.74) is 9.30. The fourth-order valence-corrected chi connectivity index (χ4v) is 3.01. The molecule has 1 atom stereocenters. The van der Waals surface area contributed by atoms with Gasteiger partial charge in [0, 0.05) is 46.8 Å². The van der Waals surface area contributed by atoms with Crippen LogP contribution in [0.2, 0.25) is 0 Å². The number of pyridine rings is 1. The summed E-state index contributed by atoms with van der Waals surface area (Å²) in [7, 11) is 0. The predicted octanol–water partition coefficient (Wildman–Crippen LogP) is 3.03. The lowest BCUT2D eigenvalue weighted by Gasteiger charge is -2.21. The van der Waals surface area contributed by atoms with Gasteiger partial charge in [0.15, 0.2) is 5.82 Å². The molecule has 1 aliphatic carbocycles. The monoisotopic (exact) mass is 276 g/mol. The van der Waals surface area contributed by atoms with Crippen molar-refractivity contribution in [3.05, 3.63) is 54.1 Å². The van der Waals surface area contributed by atoms with Crippen molar-refractivity contribution in [1.29, 1.82) is 0 Å². The standard InChI is InChI=1S/C17H16N4/c18-15-6-3-7-16-14(15)10-20-17(21-16)13-9-19-8-11-4-1-2-5-12(11)13/h1-2,4-5,8-10,15H,3,6-7,18H2. The Balaban J connectivity index is 1.89. The third-order valence-electron chi connectivity index (χ3n) is 4.14. The Morgan fingerprint density at radius 3 is 2.95 bits per heavy atom. The quantitative estimate of drug-likeness (QED) is 0.742. The Bertz CT molecular complexity index is 807. The average Bonchev–Trinajstić information content (AvgIpc) is 2.54. The molecule has 4 rings (SSSR count). The molecule has 1 aromatic carbocycles. The molecule has 0 fully saturated rings. The van der Waals surface area contributed by atoms with Gasteiger partial charge in [0.05, 0.1) is 0 Å². The molecule has 0 saturated carbocycles. The molecule has 4 heteroatoms. The topological polar surface area (TPSA) is 64.7 Å². The molecule has 1 aliphatic rings. The number of nitrogens with zero attached hydrogens (tertiary/aromatic N) is 3. The maximum Gasteiger partial charge on any atom is 0.161 e. The van der Waals surface area contributed by atoms with E-state index in [2.05, 4.69) is 22.1 Å². The molecule has 0 aliphatic heterocycles. The van der Waals surface area contributed by atoms with Crippen molar-refractivity contribution in [2.45, 2.75) is 25.3 Å². The Kier molecular flexibility index (Phi) is 2.89. The lowest BCUT2D eigenvalue weighted by atomic mass is 9.93. The minimum absolute atomic E-state index is 0.0773. The molecule has 0 amide bonds. The Hall–Kier alpha value is -2.33. The molecule has 1 unspecified atom stereocenters. The molecular formula is C17H16N4. The second kappa shape index (κ2) is 4.90. The first-order chi connectivity index (χ1) is 10.3. The van der Waals surface area contributed by atoms with Crippen LogP contribution < -0.4 is 5.73 Å². The molecule has 4 nitrogen and oxygen atoms in total. The molecule has 2 aromatic heterocycles. The number of hydrogen-bond acceptors (Lipinski definition) is 4. The van der Waals surface area contributed by atoms with E-state index in [1.165, 1.54) is 0 Å². The highest BCUT2D eigenvalue weighted by Gasteiger charge is 2.19. The van der Waals surface area contributed by atoms with E-state index >= 15 is 0 Å². The van der Waals surface area contributed by atoms with Crippen LogP contribution in [0.4, 0.5) is 0 Å². The number of aryl methyl sites for hydroxylation is 1. The zero-order valence-electron chi connectivity index (χ0n) is 11.7. The van der Waals surface area contributed by atoms with Crippen LogP contribution in [-0.2, 0) is 6.42 Å². The summed E-state index contributed by atoms with van der Waals surface area (Å²) >= 11 is 0. The Morgan fingerprint density at radius 2 is 2.00 bits per heavy atom. The molecule has 104 valence electrons. The van der Waals surface area contributed by atoms with Crippen LogP contribution in [0.15, 0.2) is 42.9 Å². The van der Waals surface area contributed by atoms with Crippen LogP contribution in [0.1, 0.15) is 30.1 Å². The van der Waals surface area contributed by atoms with Gasteiger partial charge in [-0.05, 0) is 24.6 Å². The summed E-state index contributed by atoms with van der Waals surface area (Å²) in [5.74, 6) is 0.743. The molecule has 0 radical (unpaired) electrons. The van der Waals surface area contributed by atoms with Crippen molar-refractivity contribution in [1.82, 2.24) is 15.0 Å². The van der Waals surface area contributed by atoms with Crippen molar-refractivity contribution in [2.75, 3.05) is 0 Å². The predicted molar refractivity (Wildman–Crippen MR) is 82.6 cm³/mol. The van der Waals surface area contributed by atoms with Crippen molar-refractivity contribution >= 4 is 10.8 Å². The smallest absolute Gasteiger partial charge is 0.161 e. The minimum Gasteiger partial charge on any atom is -0.324 e. The second-order valence-electron chi connectivity index (χ2n) is 5.50. The van der Waals surface area contributed by atoms with Gasteiger partial charge in [-0.3, -0.25) is 4.98 Å². The molecular weight excluding hydrogens is 260 g/mol. The summed E-state index contributed by atoms with van der Waals surface area (Å²) in [5, 5.41) is 2.24. The van der Waals surface area contributed by atoms with Crippen LogP contribution in [0, 0.1) is 0 Å². The van der Waals surface area contributed by atoms with E-state index in [1.54, 1.807) is 0 Å². The number of aromatic nitrogens is 3. The highest BCUT2D eigenvalue weighted by atomic mass is 14.9. The zero-order valence-corrected chi connectivity index (χ0v) is 11.7. The van der Waals surface area contributed by atoms with Gasteiger partial charge >= 0.3 is 0 Å². The fraction of sp³-hybridized carbons (Fsp3) is 0.235. The van der Waals surface area contributed by atoms with Gasteiger partial charge < -0.3 is 5.73 Å². The Morgan fingerprint density at radius 1 is 1.10 bits per heavy atom. The number of nitrogens with two attached hydrogens (primary N) is 1. The minimum atomic E-state index is 0.0773. The van der Waals surface area contributed by atoms with Crippen molar-refractivity contribution in [2.24, 2.45) is 5.73 Å². The Labute approximate surface area is 123 Å². The molecule has 0 spiro atoms. The second-order valence-corrected chi connectivity index (χ2v) is 5.50. The highest BCUT2D eigenvalue weighted by Crippen LogP contribution is 2.29. The third kappa shape index (κ3) is 2.08. The highest BCUT2D eigenvalue weighted by molar-refractivity contribution is 5.94. The SMILES string of the molecule is NC1CCCc2nc(-c3cncc4ccccc34)ncc21. The summed E-state index contributed by atoms with van der Waals surface area (Å²) in [6.45, 7) is 0. The lowest BCUT2D eigenvalue weighted by molar-refractivity contribution is 0.557. The largest absolute Gasteiger partial charge is 0.324 e.